The fourth-order valence-electron chi connectivity index (χ4n) is 2.29. The van der Waals surface area contributed by atoms with E-state index in [1.807, 2.05) is 17.4 Å². The monoisotopic (exact) mass is 325 g/mol. The second-order valence-corrected chi connectivity index (χ2v) is 5.76. The molecule has 0 aliphatic heterocycles. The number of halogens is 2. The van der Waals surface area contributed by atoms with Crippen molar-refractivity contribution in [2.24, 2.45) is 0 Å². The van der Waals surface area contributed by atoms with E-state index in [0.29, 0.717) is 0 Å². The Morgan fingerprint density at radius 1 is 1.05 bits per heavy atom. The van der Waals surface area contributed by atoms with Gasteiger partial charge in [-0.15, -0.1) is 23.7 Å². The third kappa shape index (κ3) is 2.99. The van der Waals surface area contributed by atoms with Crippen LogP contribution >= 0.6 is 35.3 Å². The number of hydrogen-bond donors (Lipinski definition) is 1. The van der Waals surface area contributed by atoms with E-state index >= 15 is 0 Å². The van der Waals surface area contributed by atoms with Crippen LogP contribution in [0.1, 0.15) is 12.5 Å². The van der Waals surface area contributed by atoms with E-state index in [0.717, 1.165) is 11.4 Å². The SMILES string of the molecule is CCc1c(-c2ccccc2)sc2ccc(Cl)cc12.Cl.N. The van der Waals surface area contributed by atoms with E-state index in [2.05, 4.69) is 49.4 Å². The highest BCUT2D eigenvalue weighted by atomic mass is 35.5. The molecule has 106 valence electrons. The van der Waals surface area contributed by atoms with Crippen LogP contribution < -0.4 is 6.15 Å². The number of rotatable bonds is 2. The van der Waals surface area contributed by atoms with Gasteiger partial charge in [0.25, 0.3) is 0 Å². The summed E-state index contributed by atoms with van der Waals surface area (Å²) in [5.74, 6) is 0. The highest BCUT2D eigenvalue weighted by Gasteiger charge is 2.12. The highest BCUT2D eigenvalue weighted by Crippen LogP contribution is 2.39. The van der Waals surface area contributed by atoms with E-state index in [1.165, 1.54) is 26.1 Å². The molecule has 1 aromatic heterocycles. The van der Waals surface area contributed by atoms with Gasteiger partial charge in [-0.1, -0.05) is 48.9 Å². The number of benzene rings is 2. The molecular weight excluding hydrogens is 309 g/mol. The summed E-state index contributed by atoms with van der Waals surface area (Å²) in [6.07, 6.45) is 1.03. The van der Waals surface area contributed by atoms with Gasteiger partial charge in [0.1, 0.15) is 0 Å². The second-order valence-electron chi connectivity index (χ2n) is 4.27. The summed E-state index contributed by atoms with van der Waals surface area (Å²) in [6, 6.07) is 16.7. The lowest BCUT2D eigenvalue weighted by molar-refractivity contribution is 1.17. The molecule has 0 spiro atoms. The molecule has 1 nitrogen and oxygen atoms in total. The Labute approximate surface area is 134 Å². The normalized spacial score (nSPS) is 9.90. The van der Waals surface area contributed by atoms with Crippen LogP contribution in [0.4, 0.5) is 0 Å². The van der Waals surface area contributed by atoms with Crippen LogP contribution in [0.3, 0.4) is 0 Å². The zero-order chi connectivity index (χ0) is 12.5. The standard InChI is InChI=1S/C16H13ClS.ClH.H3N/c1-2-13-14-10-12(17)8-9-15(14)18-16(13)11-6-4-3-5-7-11;;/h3-10H,2H2,1H3;1H;1H3. The van der Waals surface area contributed by atoms with Gasteiger partial charge in [0.15, 0.2) is 0 Å². The molecule has 0 bridgehead atoms. The fourth-order valence-corrected chi connectivity index (χ4v) is 3.75. The summed E-state index contributed by atoms with van der Waals surface area (Å²) >= 11 is 7.96. The Morgan fingerprint density at radius 2 is 1.75 bits per heavy atom. The van der Waals surface area contributed by atoms with E-state index in [-0.39, 0.29) is 18.6 Å². The average molecular weight is 326 g/mol. The van der Waals surface area contributed by atoms with Gasteiger partial charge in [-0.25, -0.2) is 0 Å². The zero-order valence-electron chi connectivity index (χ0n) is 11.2. The van der Waals surface area contributed by atoms with E-state index in [4.69, 9.17) is 11.6 Å². The van der Waals surface area contributed by atoms with Crippen LogP contribution in [0, 0.1) is 0 Å². The first-order valence-electron chi connectivity index (χ1n) is 6.06. The number of aryl methyl sites for hydroxylation is 1. The summed E-state index contributed by atoms with van der Waals surface area (Å²) in [6.45, 7) is 2.20. The quantitative estimate of drug-likeness (QED) is 0.583. The minimum atomic E-state index is 0. The molecule has 0 saturated carbocycles. The predicted octanol–water partition coefficient (Wildman–Crippen LogP) is 6.37. The molecule has 0 radical (unpaired) electrons. The number of fused-ring (bicyclic) bond motifs is 1. The Bertz CT molecular complexity index is 692. The maximum Gasteiger partial charge on any atom is 0.0413 e. The molecule has 0 atom stereocenters. The molecule has 3 aromatic rings. The van der Waals surface area contributed by atoms with Crippen LogP contribution in [0.5, 0.6) is 0 Å². The van der Waals surface area contributed by atoms with Crippen molar-refractivity contribution in [1.82, 2.24) is 6.15 Å². The van der Waals surface area contributed by atoms with Gasteiger partial charge in [0, 0.05) is 14.6 Å². The summed E-state index contributed by atoms with van der Waals surface area (Å²) in [5, 5.41) is 2.11. The summed E-state index contributed by atoms with van der Waals surface area (Å²) < 4.78 is 1.31. The molecule has 0 aliphatic carbocycles. The van der Waals surface area contributed by atoms with Crippen LogP contribution in [0.2, 0.25) is 5.02 Å². The van der Waals surface area contributed by atoms with Crippen molar-refractivity contribution in [3.05, 3.63) is 59.1 Å². The van der Waals surface area contributed by atoms with Gasteiger partial charge >= 0.3 is 0 Å². The van der Waals surface area contributed by atoms with Crippen molar-refractivity contribution in [3.8, 4) is 10.4 Å². The molecule has 0 fully saturated rings. The van der Waals surface area contributed by atoms with Crippen molar-refractivity contribution in [1.29, 1.82) is 0 Å². The largest absolute Gasteiger partial charge is 0.344 e. The lowest BCUT2D eigenvalue weighted by atomic mass is 10.0. The smallest absolute Gasteiger partial charge is 0.0413 e. The molecule has 3 N–H and O–H groups in total. The number of thiophene rings is 1. The topological polar surface area (TPSA) is 35.0 Å². The highest BCUT2D eigenvalue weighted by molar-refractivity contribution is 7.22. The summed E-state index contributed by atoms with van der Waals surface area (Å²) in [7, 11) is 0. The Hall–Kier alpha value is -1.06. The summed E-state index contributed by atoms with van der Waals surface area (Å²) in [5.41, 5.74) is 2.70. The molecule has 0 saturated heterocycles. The van der Waals surface area contributed by atoms with E-state index < -0.39 is 0 Å². The van der Waals surface area contributed by atoms with E-state index in [1.54, 1.807) is 0 Å². The second kappa shape index (κ2) is 7.09. The third-order valence-corrected chi connectivity index (χ3v) is 4.64. The van der Waals surface area contributed by atoms with Crippen LogP contribution in [-0.2, 0) is 6.42 Å². The molecule has 0 aliphatic rings. The van der Waals surface area contributed by atoms with Gasteiger partial charge in [-0.3, -0.25) is 0 Å². The maximum atomic E-state index is 6.11. The van der Waals surface area contributed by atoms with Crippen molar-refractivity contribution >= 4 is 45.4 Å². The zero-order valence-corrected chi connectivity index (χ0v) is 13.6. The molecule has 4 heteroatoms. The molecule has 3 rings (SSSR count). The van der Waals surface area contributed by atoms with Gasteiger partial charge in [0.05, 0.1) is 0 Å². The molecule has 0 amide bonds. The van der Waals surface area contributed by atoms with Gasteiger partial charge in [0.2, 0.25) is 0 Å². The average Bonchev–Trinajstić information content (AvgIpc) is 2.77. The van der Waals surface area contributed by atoms with Crippen molar-refractivity contribution in [2.45, 2.75) is 13.3 Å². The summed E-state index contributed by atoms with van der Waals surface area (Å²) in [4.78, 5) is 1.37. The maximum absolute atomic E-state index is 6.11. The lowest BCUT2D eigenvalue weighted by Gasteiger charge is -2.01. The predicted molar refractivity (Wildman–Crippen MR) is 93.9 cm³/mol. The molecular formula is C16H17Cl2NS. The molecule has 2 aromatic carbocycles. The lowest BCUT2D eigenvalue weighted by Crippen LogP contribution is -1.81. The molecule has 20 heavy (non-hydrogen) atoms. The number of hydrogen-bond acceptors (Lipinski definition) is 2. The minimum absolute atomic E-state index is 0. The first kappa shape index (κ1) is 17.0. The Balaban J connectivity index is 0.000001000. The molecule has 0 unspecified atom stereocenters. The van der Waals surface area contributed by atoms with Crippen molar-refractivity contribution in [3.63, 3.8) is 0 Å². The Morgan fingerprint density at radius 3 is 2.40 bits per heavy atom. The molecule has 1 heterocycles. The third-order valence-electron chi connectivity index (χ3n) is 3.14. The van der Waals surface area contributed by atoms with Crippen molar-refractivity contribution in [2.75, 3.05) is 0 Å². The fraction of sp³-hybridized carbons (Fsp3) is 0.125. The van der Waals surface area contributed by atoms with Crippen LogP contribution in [-0.4, -0.2) is 0 Å². The van der Waals surface area contributed by atoms with Crippen LogP contribution in [0.25, 0.3) is 20.5 Å². The minimum Gasteiger partial charge on any atom is -0.344 e. The van der Waals surface area contributed by atoms with Crippen LogP contribution in [0.15, 0.2) is 48.5 Å². The van der Waals surface area contributed by atoms with E-state index in [9.17, 15) is 0 Å². The first-order valence-corrected chi connectivity index (χ1v) is 7.25. The Kier molecular flexibility index (Phi) is 6.03. The van der Waals surface area contributed by atoms with Gasteiger partial charge in [-0.2, -0.15) is 0 Å². The van der Waals surface area contributed by atoms with Crippen molar-refractivity contribution < 1.29 is 0 Å². The van der Waals surface area contributed by atoms with Gasteiger partial charge in [-0.05, 0) is 41.1 Å². The van der Waals surface area contributed by atoms with Gasteiger partial charge < -0.3 is 6.15 Å². The first-order chi connectivity index (χ1) is 8.79.